The highest BCUT2D eigenvalue weighted by molar-refractivity contribution is 6.30. The minimum atomic E-state index is -4.46. The molecule has 1 N–H and O–H groups in total. The summed E-state index contributed by atoms with van der Waals surface area (Å²) < 4.78 is 45.2. The summed E-state index contributed by atoms with van der Waals surface area (Å²) in [4.78, 5) is 0. The summed E-state index contributed by atoms with van der Waals surface area (Å²) in [5.41, 5.74) is -0.786. The topological polar surface area (TPSA) is 21.3 Å². The van der Waals surface area contributed by atoms with Crippen molar-refractivity contribution in [3.63, 3.8) is 0 Å². The summed E-state index contributed by atoms with van der Waals surface area (Å²) in [6.07, 6.45) is -1.56. The van der Waals surface area contributed by atoms with E-state index in [0.29, 0.717) is 5.92 Å². The van der Waals surface area contributed by atoms with Gasteiger partial charge in [-0.25, -0.2) is 0 Å². The second kappa shape index (κ2) is 5.69. The van der Waals surface area contributed by atoms with Crippen LogP contribution in [0.5, 0.6) is 5.75 Å². The summed E-state index contributed by atoms with van der Waals surface area (Å²) in [6.45, 7) is 1.72. The van der Waals surface area contributed by atoms with Crippen LogP contribution in [0.3, 0.4) is 0 Å². The van der Waals surface area contributed by atoms with Gasteiger partial charge < -0.3 is 10.1 Å². The van der Waals surface area contributed by atoms with Gasteiger partial charge in [0.2, 0.25) is 0 Å². The van der Waals surface area contributed by atoms with Crippen LogP contribution in [0.1, 0.15) is 24.8 Å². The standard InChI is InChI=1S/C15H17ClF3NO/c16-11-3-4-13(12(7-11)15(17,18)19)21-14(9-1-2-9)10-5-6-20-8-10/h3-4,7,9-10,14,20H,1-2,5-6,8H2/t10-,14-/m1/s1. The molecule has 6 heteroatoms. The number of rotatable bonds is 4. The number of ether oxygens (including phenoxy) is 1. The molecule has 3 rings (SSSR count). The second-order valence-corrected chi connectivity index (χ2v) is 6.25. The van der Waals surface area contributed by atoms with E-state index in [4.69, 9.17) is 16.3 Å². The van der Waals surface area contributed by atoms with Crippen LogP contribution in [0.25, 0.3) is 0 Å². The molecule has 1 saturated carbocycles. The van der Waals surface area contributed by atoms with Crippen molar-refractivity contribution in [2.75, 3.05) is 13.1 Å². The van der Waals surface area contributed by atoms with Crippen molar-refractivity contribution < 1.29 is 17.9 Å². The lowest BCUT2D eigenvalue weighted by molar-refractivity contribution is -0.139. The molecule has 2 nitrogen and oxygen atoms in total. The first-order valence-electron chi connectivity index (χ1n) is 7.19. The minimum absolute atomic E-state index is 0.0696. The average molecular weight is 320 g/mol. The molecule has 1 aromatic rings. The number of hydrogen-bond acceptors (Lipinski definition) is 2. The van der Waals surface area contributed by atoms with Gasteiger partial charge in [0, 0.05) is 17.5 Å². The van der Waals surface area contributed by atoms with Crippen LogP contribution in [0.4, 0.5) is 13.2 Å². The maximum Gasteiger partial charge on any atom is 0.420 e. The third kappa shape index (κ3) is 3.46. The Bertz CT molecular complexity index is 510. The molecule has 1 saturated heterocycles. The third-order valence-corrected chi connectivity index (χ3v) is 4.39. The lowest BCUT2D eigenvalue weighted by Gasteiger charge is -2.26. The van der Waals surface area contributed by atoms with Crippen molar-refractivity contribution in [3.8, 4) is 5.75 Å². The summed E-state index contributed by atoms with van der Waals surface area (Å²) in [5.74, 6) is 0.566. The molecule has 0 unspecified atom stereocenters. The lowest BCUT2D eigenvalue weighted by Crippen LogP contribution is -2.31. The molecule has 0 radical (unpaired) electrons. The third-order valence-electron chi connectivity index (χ3n) is 4.16. The predicted molar refractivity (Wildman–Crippen MR) is 74.6 cm³/mol. The molecule has 2 atom stereocenters. The van der Waals surface area contributed by atoms with Gasteiger partial charge in [-0.2, -0.15) is 13.2 Å². The first-order chi connectivity index (χ1) is 9.95. The summed E-state index contributed by atoms with van der Waals surface area (Å²) >= 11 is 5.70. The Kier molecular flexibility index (Phi) is 4.06. The molecular formula is C15H17ClF3NO. The molecule has 1 aliphatic heterocycles. The van der Waals surface area contributed by atoms with Crippen molar-refractivity contribution in [2.45, 2.75) is 31.5 Å². The molecule has 1 heterocycles. The summed E-state index contributed by atoms with van der Waals surface area (Å²) in [5, 5.41) is 3.32. The Morgan fingerprint density at radius 1 is 1.19 bits per heavy atom. The molecule has 0 spiro atoms. The highest BCUT2D eigenvalue weighted by Gasteiger charge is 2.41. The molecule has 1 aliphatic carbocycles. The van der Waals surface area contributed by atoms with Crippen LogP contribution in [-0.4, -0.2) is 19.2 Å². The fourth-order valence-electron chi connectivity index (χ4n) is 2.93. The average Bonchev–Trinajstić information content (AvgIpc) is 3.10. The molecule has 0 amide bonds. The fourth-order valence-corrected chi connectivity index (χ4v) is 3.10. The van der Waals surface area contributed by atoms with E-state index in [1.807, 2.05) is 0 Å². The largest absolute Gasteiger partial charge is 0.489 e. The molecule has 2 aliphatic rings. The molecule has 116 valence electrons. The van der Waals surface area contributed by atoms with E-state index in [1.54, 1.807) is 0 Å². The van der Waals surface area contributed by atoms with Crippen LogP contribution in [0.2, 0.25) is 5.02 Å². The van der Waals surface area contributed by atoms with E-state index in [-0.39, 0.29) is 22.8 Å². The molecule has 0 aromatic heterocycles. The van der Waals surface area contributed by atoms with Crippen LogP contribution in [0, 0.1) is 11.8 Å². The smallest absolute Gasteiger partial charge is 0.420 e. The Morgan fingerprint density at radius 2 is 1.95 bits per heavy atom. The van der Waals surface area contributed by atoms with E-state index in [9.17, 15) is 13.2 Å². The molecule has 1 aromatic carbocycles. The predicted octanol–water partition coefficient (Wildman–Crippen LogP) is 4.13. The van der Waals surface area contributed by atoms with Crippen molar-refractivity contribution in [3.05, 3.63) is 28.8 Å². The van der Waals surface area contributed by atoms with Gasteiger partial charge in [-0.05, 0) is 49.9 Å². The van der Waals surface area contributed by atoms with E-state index in [1.165, 1.54) is 12.1 Å². The van der Waals surface area contributed by atoms with Gasteiger partial charge in [0.25, 0.3) is 0 Å². The highest BCUT2D eigenvalue weighted by atomic mass is 35.5. The molecular weight excluding hydrogens is 303 g/mol. The maximum absolute atomic E-state index is 13.1. The maximum atomic E-state index is 13.1. The quantitative estimate of drug-likeness (QED) is 0.901. The van der Waals surface area contributed by atoms with Crippen LogP contribution < -0.4 is 10.1 Å². The number of nitrogens with one attached hydrogen (secondary N) is 1. The van der Waals surface area contributed by atoms with E-state index in [0.717, 1.165) is 38.4 Å². The van der Waals surface area contributed by atoms with Crippen molar-refractivity contribution in [1.29, 1.82) is 0 Å². The second-order valence-electron chi connectivity index (χ2n) is 5.81. The molecule has 0 bridgehead atoms. The molecule has 21 heavy (non-hydrogen) atoms. The number of benzene rings is 1. The highest BCUT2D eigenvalue weighted by Crippen LogP contribution is 2.43. The Hall–Kier alpha value is -0.940. The minimum Gasteiger partial charge on any atom is -0.489 e. The fraction of sp³-hybridized carbons (Fsp3) is 0.600. The van der Waals surface area contributed by atoms with Gasteiger partial charge >= 0.3 is 6.18 Å². The monoisotopic (exact) mass is 319 g/mol. The zero-order valence-corrected chi connectivity index (χ0v) is 12.2. The number of hydrogen-bond donors (Lipinski definition) is 1. The SMILES string of the molecule is FC(F)(F)c1cc(Cl)ccc1O[C@H](C1CC1)[C@@H]1CCNC1. The number of halogens is 4. The Balaban J connectivity index is 1.85. The van der Waals surface area contributed by atoms with Crippen LogP contribution in [-0.2, 0) is 6.18 Å². The van der Waals surface area contributed by atoms with Crippen molar-refractivity contribution in [2.24, 2.45) is 11.8 Å². The Morgan fingerprint density at radius 3 is 2.52 bits per heavy atom. The van der Waals surface area contributed by atoms with Gasteiger partial charge in [-0.1, -0.05) is 11.6 Å². The zero-order chi connectivity index (χ0) is 15.0. The number of alkyl halides is 3. The van der Waals surface area contributed by atoms with Crippen molar-refractivity contribution >= 4 is 11.6 Å². The molecule has 2 fully saturated rings. The van der Waals surface area contributed by atoms with Crippen molar-refractivity contribution in [1.82, 2.24) is 5.32 Å². The van der Waals surface area contributed by atoms with Gasteiger partial charge in [0.15, 0.2) is 0 Å². The normalized spacial score (nSPS) is 24.1. The summed E-state index contributed by atoms with van der Waals surface area (Å²) in [6, 6.07) is 3.72. The van der Waals surface area contributed by atoms with Gasteiger partial charge in [-0.3, -0.25) is 0 Å². The van der Waals surface area contributed by atoms with Gasteiger partial charge in [0.05, 0.1) is 5.56 Å². The summed E-state index contributed by atoms with van der Waals surface area (Å²) in [7, 11) is 0. The van der Waals surface area contributed by atoms with Crippen LogP contribution >= 0.6 is 11.6 Å². The first kappa shape index (κ1) is 15.0. The first-order valence-corrected chi connectivity index (χ1v) is 7.57. The Labute approximate surface area is 126 Å². The van der Waals surface area contributed by atoms with Gasteiger partial charge in [0.1, 0.15) is 11.9 Å². The van der Waals surface area contributed by atoms with E-state index < -0.39 is 11.7 Å². The van der Waals surface area contributed by atoms with Crippen LogP contribution in [0.15, 0.2) is 18.2 Å². The zero-order valence-electron chi connectivity index (χ0n) is 11.4. The lowest BCUT2D eigenvalue weighted by atomic mass is 9.97. The van der Waals surface area contributed by atoms with E-state index in [2.05, 4.69) is 5.32 Å². The van der Waals surface area contributed by atoms with E-state index >= 15 is 0 Å². The van der Waals surface area contributed by atoms with Gasteiger partial charge in [-0.15, -0.1) is 0 Å².